The van der Waals surface area contributed by atoms with Gasteiger partial charge in [0.15, 0.2) is 0 Å². The zero-order valence-electron chi connectivity index (χ0n) is 8.39. The molecule has 0 aliphatic carbocycles. The zero-order chi connectivity index (χ0) is 9.42. The van der Waals surface area contributed by atoms with E-state index in [1.54, 1.807) is 0 Å². The topological polar surface area (TPSA) is 41.9 Å². The maximum atomic E-state index is 4.44. The van der Waals surface area contributed by atoms with Crippen LogP contribution in [-0.2, 0) is 20.1 Å². The number of fused-ring (bicyclic) bond motifs is 1. The van der Waals surface area contributed by atoms with Crippen LogP contribution in [0.25, 0.3) is 0 Å². The molecule has 2 N–H and O–H groups in total. The molecular weight excluding hydrogens is 164 g/mol. The quantitative estimate of drug-likeness (QED) is 0.708. The van der Waals surface area contributed by atoms with Crippen LogP contribution in [0.1, 0.15) is 25.1 Å². The van der Waals surface area contributed by atoms with Gasteiger partial charge in [-0.05, 0) is 13.8 Å². The van der Waals surface area contributed by atoms with Crippen molar-refractivity contribution in [3.8, 4) is 0 Å². The summed E-state index contributed by atoms with van der Waals surface area (Å²) >= 11 is 0. The van der Waals surface area contributed by atoms with Crippen LogP contribution < -0.4 is 10.6 Å². The van der Waals surface area contributed by atoms with Gasteiger partial charge < -0.3 is 10.6 Å². The molecule has 0 radical (unpaired) electrons. The lowest BCUT2D eigenvalue weighted by Gasteiger charge is -2.11. The summed E-state index contributed by atoms with van der Waals surface area (Å²) in [6.45, 7) is 6.13. The van der Waals surface area contributed by atoms with Gasteiger partial charge in [-0.2, -0.15) is 5.10 Å². The Balaban J connectivity index is 2.33. The largest absolute Gasteiger partial charge is 0.368 e. The first kappa shape index (κ1) is 8.56. The highest BCUT2D eigenvalue weighted by Gasteiger charge is 2.20. The minimum Gasteiger partial charge on any atom is -0.368 e. The van der Waals surface area contributed by atoms with Gasteiger partial charge in [-0.3, -0.25) is 4.68 Å². The standard InChI is InChI=1S/C9H16N4/c1-6(2)11-9-7-4-10-5-8(7)12-13(9)3/h6,10-11H,4-5H2,1-3H3. The average molecular weight is 180 g/mol. The van der Waals surface area contributed by atoms with Crippen LogP contribution in [0.15, 0.2) is 0 Å². The van der Waals surface area contributed by atoms with E-state index in [0.29, 0.717) is 6.04 Å². The molecule has 1 aliphatic heterocycles. The predicted molar refractivity (Wildman–Crippen MR) is 52.5 cm³/mol. The second-order valence-electron chi connectivity index (χ2n) is 3.80. The minimum absolute atomic E-state index is 0.458. The van der Waals surface area contributed by atoms with E-state index in [1.807, 2.05) is 11.7 Å². The smallest absolute Gasteiger partial charge is 0.128 e. The highest BCUT2D eigenvalue weighted by Crippen LogP contribution is 2.23. The van der Waals surface area contributed by atoms with Crippen LogP contribution >= 0.6 is 0 Å². The van der Waals surface area contributed by atoms with E-state index in [2.05, 4.69) is 29.6 Å². The third-order valence-electron chi connectivity index (χ3n) is 2.25. The Bertz CT molecular complexity index is 314. The zero-order valence-corrected chi connectivity index (χ0v) is 8.39. The SMILES string of the molecule is CC(C)Nc1c2c(nn1C)CNC2. The highest BCUT2D eigenvalue weighted by atomic mass is 15.3. The number of aryl methyl sites for hydroxylation is 1. The summed E-state index contributed by atoms with van der Waals surface area (Å²) in [4.78, 5) is 0. The van der Waals surface area contributed by atoms with Crippen LogP contribution in [0.4, 0.5) is 5.82 Å². The molecule has 4 nitrogen and oxygen atoms in total. The molecule has 0 saturated heterocycles. The molecule has 0 fully saturated rings. The van der Waals surface area contributed by atoms with Gasteiger partial charge in [-0.1, -0.05) is 0 Å². The molecule has 0 bridgehead atoms. The molecule has 1 aliphatic rings. The van der Waals surface area contributed by atoms with Crippen molar-refractivity contribution in [3.05, 3.63) is 11.3 Å². The Kier molecular flexibility index (Phi) is 2.00. The summed E-state index contributed by atoms with van der Waals surface area (Å²) < 4.78 is 1.94. The maximum absolute atomic E-state index is 4.44. The molecule has 0 unspecified atom stereocenters. The Hall–Kier alpha value is -1.03. The lowest BCUT2D eigenvalue weighted by atomic mass is 10.2. The molecule has 1 aromatic rings. The van der Waals surface area contributed by atoms with Gasteiger partial charge in [0.05, 0.1) is 5.69 Å². The number of rotatable bonds is 2. The fourth-order valence-corrected chi connectivity index (χ4v) is 1.71. The first-order valence-corrected chi connectivity index (χ1v) is 4.70. The summed E-state index contributed by atoms with van der Waals surface area (Å²) in [6, 6.07) is 0.458. The van der Waals surface area contributed by atoms with Gasteiger partial charge in [0.25, 0.3) is 0 Å². The predicted octanol–water partition coefficient (Wildman–Crippen LogP) is 0.844. The van der Waals surface area contributed by atoms with E-state index >= 15 is 0 Å². The average Bonchev–Trinajstić information content (AvgIpc) is 2.55. The summed E-state index contributed by atoms with van der Waals surface area (Å²) in [5, 5.41) is 11.1. The van der Waals surface area contributed by atoms with Crippen molar-refractivity contribution < 1.29 is 0 Å². The molecule has 0 amide bonds. The summed E-state index contributed by atoms with van der Waals surface area (Å²) in [6.07, 6.45) is 0. The molecule has 4 heteroatoms. The Morgan fingerprint density at radius 1 is 1.46 bits per heavy atom. The molecule has 2 heterocycles. The van der Waals surface area contributed by atoms with Crippen molar-refractivity contribution in [3.63, 3.8) is 0 Å². The third kappa shape index (κ3) is 1.42. The second kappa shape index (κ2) is 3.03. The first-order chi connectivity index (χ1) is 6.18. The fraction of sp³-hybridized carbons (Fsp3) is 0.667. The third-order valence-corrected chi connectivity index (χ3v) is 2.25. The Morgan fingerprint density at radius 2 is 2.23 bits per heavy atom. The lowest BCUT2D eigenvalue weighted by Crippen LogP contribution is -2.15. The van der Waals surface area contributed by atoms with Crippen LogP contribution in [0.2, 0.25) is 0 Å². The molecule has 0 saturated carbocycles. The summed E-state index contributed by atoms with van der Waals surface area (Å²) in [5.41, 5.74) is 2.52. The van der Waals surface area contributed by atoms with Gasteiger partial charge >= 0.3 is 0 Å². The number of hydrogen-bond donors (Lipinski definition) is 2. The Labute approximate surface area is 78.3 Å². The summed E-state index contributed by atoms with van der Waals surface area (Å²) in [5.74, 6) is 1.16. The van der Waals surface area contributed by atoms with Crippen LogP contribution in [0.3, 0.4) is 0 Å². The van der Waals surface area contributed by atoms with Crippen molar-refractivity contribution in [2.75, 3.05) is 5.32 Å². The number of nitrogens with zero attached hydrogens (tertiary/aromatic N) is 2. The molecule has 2 rings (SSSR count). The lowest BCUT2D eigenvalue weighted by molar-refractivity contribution is 0.685. The molecule has 0 atom stereocenters. The number of aromatic nitrogens is 2. The van der Waals surface area contributed by atoms with Crippen molar-refractivity contribution in [2.45, 2.75) is 33.0 Å². The van der Waals surface area contributed by atoms with Crippen molar-refractivity contribution in [1.29, 1.82) is 0 Å². The maximum Gasteiger partial charge on any atom is 0.128 e. The van der Waals surface area contributed by atoms with Gasteiger partial charge in [0, 0.05) is 31.7 Å². The molecule has 1 aromatic heterocycles. The fourth-order valence-electron chi connectivity index (χ4n) is 1.71. The Morgan fingerprint density at radius 3 is 2.92 bits per heavy atom. The molecular formula is C9H16N4. The van der Waals surface area contributed by atoms with Gasteiger partial charge in [0.1, 0.15) is 5.82 Å². The van der Waals surface area contributed by atoms with Crippen molar-refractivity contribution in [2.24, 2.45) is 7.05 Å². The normalized spacial score (nSPS) is 15.1. The molecule has 72 valence electrons. The van der Waals surface area contributed by atoms with Gasteiger partial charge in [-0.25, -0.2) is 0 Å². The van der Waals surface area contributed by atoms with E-state index in [-0.39, 0.29) is 0 Å². The molecule has 0 aromatic carbocycles. The van der Waals surface area contributed by atoms with Gasteiger partial charge in [0.2, 0.25) is 0 Å². The minimum atomic E-state index is 0.458. The molecule has 0 spiro atoms. The number of hydrogen-bond acceptors (Lipinski definition) is 3. The van der Waals surface area contributed by atoms with E-state index < -0.39 is 0 Å². The number of anilines is 1. The van der Waals surface area contributed by atoms with Crippen molar-refractivity contribution >= 4 is 5.82 Å². The van der Waals surface area contributed by atoms with Crippen molar-refractivity contribution in [1.82, 2.24) is 15.1 Å². The second-order valence-corrected chi connectivity index (χ2v) is 3.80. The van der Waals surface area contributed by atoms with E-state index in [9.17, 15) is 0 Å². The molecule has 13 heavy (non-hydrogen) atoms. The summed E-state index contributed by atoms with van der Waals surface area (Å²) in [7, 11) is 1.99. The monoisotopic (exact) mass is 180 g/mol. The van der Waals surface area contributed by atoms with E-state index in [0.717, 1.165) is 18.9 Å². The van der Waals surface area contributed by atoms with E-state index in [4.69, 9.17) is 0 Å². The van der Waals surface area contributed by atoms with E-state index in [1.165, 1.54) is 11.3 Å². The number of nitrogens with one attached hydrogen (secondary N) is 2. The highest BCUT2D eigenvalue weighted by molar-refractivity contribution is 5.49. The van der Waals surface area contributed by atoms with Crippen LogP contribution in [0.5, 0.6) is 0 Å². The van der Waals surface area contributed by atoms with Crippen LogP contribution in [-0.4, -0.2) is 15.8 Å². The van der Waals surface area contributed by atoms with Gasteiger partial charge in [-0.15, -0.1) is 0 Å². The first-order valence-electron chi connectivity index (χ1n) is 4.70. The van der Waals surface area contributed by atoms with Crippen LogP contribution in [0, 0.1) is 0 Å².